The molecule has 0 radical (unpaired) electrons. The molecule has 2 saturated heterocycles. The van der Waals surface area contributed by atoms with Crippen LogP contribution in [-0.4, -0.2) is 79.6 Å². The van der Waals surface area contributed by atoms with E-state index < -0.39 is 0 Å². The molecule has 0 saturated carbocycles. The molecule has 0 aliphatic carbocycles. The summed E-state index contributed by atoms with van der Waals surface area (Å²) in [5.74, 6) is 1.35. The summed E-state index contributed by atoms with van der Waals surface area (Å²) in [6, 6.07) is 0. The molecule has 0 spiro atoms. The zero-order valence-corrected chi connectivity index (χ0v) is 17.4. The Hall–Kier alpha value is -0.0800. The van der Waals surface area contributed by atoms with E-state index in [4.69, 9.17) is 5.73 Å². The molecule has 2 heterocycles. The van der Waals surface area contributed by atoms with E-state index in [0.29, 0.717) is 5.92 Å². The molecule has 0 aromatic heterocycles. The van der Waals surface area contributed by atoms with E-state index in [2.05, 4.69) is 33.5 Å². The minimum absolute atomic E-state index is 0. The molecular weight excluding hydrogens is 401 g/mol. The van der Waals surface area contributed by atoms with Crippen molar-refractivity contribution in [2.45, 2.75) is 39.5 Å². The van der Waals surface area contributed by atoms with Gasteiger partial charge in [0.1, 0.15) is 0 Å². The highest BCUT2D eigenvalue weighted by molar-refractivity contribution is 14.0. The fourth-order valence-electron chi connectivity index (χ4n) is 3.44. The van der Waals surface area contributed by atoms with E-state index in [-0.39, 0.29) is 24.0 Å². The highest BCUT2D eigenvalue weighted by Crippen LogP contribution is 2.10. The smallest absolute Gasteiger partial charge is 0.191 e. The monoisotopic (exact) mass is 437 g/mol. The summed E-state index contributed by atoms with van der Waals surface area (Å²) in [7, 11) is 0. The average molecular weight is 437 g/mol. The number of nitrogens with zero attached hydrogens (tertiary/aromatic N) is 4. The van der Waals surface area contributed by atoms with Gasteiger partial charge in [-0.1, -0.05) is 26.7 Å². The van der Waals surface area contributed by atoms with Crippen LogP contribution in [0.4, 0.5) is 0 Å². The lowest BCUT2D eigenvalue weighted by Crippen LogP contribution is -2.47. The first-order valence-corrected chi connectivity index (χ1v) is 9.18. The fraction of sp³-hybridized carbons (Fsp3) is 0.941. The van der Waals surface area contributed by atoms with Crippen LogP contribution >= 0.6 is 24.0 Å². The maximum absolute atomic E-state index is 6.19. The molecule has 136 valence electrons. The lowest BCUT2D eigenvalue weighted by atomic mass is 10.1. The van der Waals surface area contributed by atoms with E-state index in [9.17, 15) is 0 Å². The van der Waals surface area contributed by atoms with Gasteiger partial charge in [-0.2, -0.15) is 0 Å². The van der Waals surface area contributed by atoms with E-state index in [1.165, 1.54) is 58.4 Å². The molecule has 2 aliphatic rings. The highest BCUT2D eigenvalue weighted by Gasteiger charge is 2.17. The molecule has 5 nitrogen and oxygen atoms in total. The van der Waals surface area contributed by atoms with Crippen molar-refractivity contribution in [3.63, 3.8) is 0 Å². The van der Waals surface area contributed by atoms with Gasteiger partial charge < -0.3 is 20.4 Å². The Morgan fingerprint density at radius 2 is 1.52 bits per heavy atom. The van der Waals surface area contributed by atoms with Crippen LogP contribution in [0.25, 0.3) is 0 Å². The number of hydrogen-bond donors (Lipinski definition) is 1. The van der Waals surface area contributed by atoms with Gasteiger partial charge in [0.05, 0.1) is 0 Å². The third-order valence-electron chi connectivity index (χ3n) is 4.98. The number of aliphatic imine (C=N–C) groups is 1. The Labute approximate surface area is 159 Å². The van der Waals surface area contributed by atoms with Crippen molar-refractivity contribution in [2.24, 2.45) is 16.6 Å². The normalized spacial score (nSPS) is 23.2. The molecule has 0 aromatic rings. The van der Waals surface area contributed by atoms with Gasteiger partial charge in [-0.25, -0.2) is 0 Å². The number of piperazine rings is 1. The van der Waals surface area contributed by atoms with Crippen LogP contribution in [0.3, 0.4) is 0 Å². The summed E-state index contributed by atoms with van der Waals surface area (Å²) in [5.41, 5.74) is 6.19. The second-order valence-corrected chi connectivity index (χ2v) is 6.94. The van der Waals surface area contributed by atoms with Crippen molar-refractivity contribution >= 4 is 29.9 Å². The first kappa shape index (κ1) is 21.0. The third kappa shape index (κ3) is 7.56. The maximum atomic E-state index is 6.19. The number of halogens is 1. The summed E-state index contributed by atoms with van der Waals surface area (Å²) in [5, 5.41) is 0. The average Bonchev–Trinajstić information content (AvgIpc) is 2.82. The largest absolute Gasteiger partial charge is 0.370 e. The topological polar surface area (TPSA) is 48.1 Å². The van der Waals surface area contributed by atoms with Gasteiger partial charge in [-0.05, 0) is 25.3 Å². The molecule has 2 N–H and O–H groups in total. The molecule has 0 aromatic carbocycles. The van der Waals surface area contributed by atoms with Gasteiger partial charge in [0.15, 0.2) is 5.96 Å². The fourth-order valence-corrected chi connectivity index (χ4v) is 3.44. The molecule has 0 amide bonds. The molecule has 0 bridgehead atoms. The quantitative estimate of drug-likeness (QED) is 0.407. The van der Waals surface area contributed by atoms with E-state index >= 15 is 0 Å². The highest BCUT2D eigenvalue weighted by atomic mass is 127. The number of likely N-dealkylation sites (tertiary alicyclic amines) is 1. The number of hydrogen-bond acceptors (Lipinski definition) is 3. The van der Waals surface area contributed by atoms with Gasteiger partial charge in [0, 0.05) is 52.4 Å². The molecule has 2 rings (SSSR count). The summed E-state index contributed by atoms with van der Waals surface area (Å²) in [4.78, 5) is 12.0. The van der Waals surface area contributed by atoms with Crippen LogP contribution in [0.15, 0.2) is 4.99 Å². The minimum Gasteiger partial charge on any atom is -0.370 e. The van der Waals surface area contributed by atoms with Crippen LogP contribution in [0.2, 0.25) is 0 Å². The summed E-state index contributed by atoms with van der Waals surface area (Å²) in [6.45, 7) is 14.7. The molecule has 23 heavy (non-hydrogen) atoms. The number of nitrogens with two attached hydrogens (primary N) is 1. The summed E-state index contributed by atoms with van der Waals surface area (Å²) in [6.07, 6.45) is 5.19. The second kappa shape index (κ2) is 11.5. The second-order valence-electron chi connectivity index (χ2n) is 6.94. The molecule has 2 fully saturated rings. The molecular formula is C17H36IN5. The van der Waals surface area contributed by atoms with Crippen molar-refractivity contribution in [1.82, 2.24) is 14.7 Å². The zero-order chi connectivity index (χ0) is 15.8. The molecule has 2 aliphatic heterocycles. The summed E-state index contributed by atoms with van der Waals surface area (Å²) >= 11 is 0. The van der Waals surface area contributed by atoms with E-state index in [1.807, 2.05) is 0 Å². The SMILES string of the molecule is CCN1CCN(CC(C)CN=C(N)N2CCCCCC2)CC1.I. The van der Waals surface area contributed by atoms with Crippen LogP contribution < -0.4 is 5.73 Å². The van der Waals surface area contributed by atoms with Gasteiger partial charge in [0.2, 0.25) is 0 Å². The van der Waals surface area contributed by atoms with Crippen LogP contribution in [0.5, 0.6) is 0 Å². The van der Waals surface area contributed by atoms with Crippen LogP contribution in [0.1, 0.15) is 39.5 Å². The Balaban J connectivity index is 0.00000264. The van der Waals surface area contributed by atoms with Crippen molar-refractivity contribution in [1.29, 1.82) is 0 Å². The van der Waals surface area contributed by atoms with Crippen molar-refractivity contribution in [3.8, 4) is 0 Å². The van der Waals surface area contributed by atoms with Crippen molar-refractivity contribution < 1.29 is 0 Å². The maximum Gasteiger partial charge on any atom is 0.191 e. The minimum atomic E-state index is 0. The van der Waals surface area contributed by atoms with E-state index in [0.717, 1.165) is 32.1 Å². The molecule has 1 unspecified atom stereocenters. The van der Waals surface area contributed by atoms with Crippen molar-refractivity contribution in [2.75, 3.05) is 58.9 Å². The Morgan fingerprint density at radius 3 is 2.09 bits per heavy atom. The predicted octanol–water partition coefficient (Wildman–Crippen LogP) is 2.07. The summed E-state index contributed by atoms with van der Waals surface area (Å²) < 4.78 is 0. The lowest BCUT2D eigenvalue weighted by molar-refractivity contribution is 0.125. The first-order chi connectivity index (χ1) is 10.7. The third-order valence-corrected chi connectivity index (χ3v) is 4.98. The Bertz CT molecular complexity index is 334. The van der Waals surface area contributed by atoms with Gasteiger partial charge in [-0.15, -0.1) is 24.0 Å². The number of likely N-dealkylation sites (N-methyl/N-ethyl adjacent to an activating group) is 1. The van der Waals surface area contributed by atoms with Crippen LogP contribution in [-0.2, 0) is 0 Å². The van der Waals surface area contributed by atoms with Gasteiger partial charge in [0.25, 0.3) is 0 Å². The predicted molar refractivity (Wildman–Crippen MR) is 110 cm³/mol. The van der Waals surface area contributed by atoms with Gasteiger partial charge >= 0.3 is 0 Å². The lowest BCUT2D eigenvalue weighted by Gasteiger charge is -2.35. The number of guanidine groups is 1. The Morgan fingerprint density at radius 1 is 0.957 bits per heavy atom. The standard InChI is InChI=1S/C17H35N5.HI/c1-3-20-10-12-21(13-11-20)15-16(2)14-19-17(18)22-8-6-4-5-7-9-22;/h16H,3-15H2,1-2H3,(H2,18,19);1H. The van der Waals surface area contributed by atoms with Crippen molar-refractivity contribution in [3.05, 3.63) is 0 Å². The first-order valence-electron chi connectivity index (χ1n) is 9.18. The van der Waals surface area contributed by atoms with Crippen LogP contribution in [0, 0.1) is 5.92 Å². The molecule has 6 heteroatoms. The zero-order valence-electron chi connectivity index (χ0n) is 15.0. The van der Waals surface area contributed by atoms with Gasteiger partial charge in [-0.3, -0.25) is 4.99 Å². The molecule has 1 atom stereocenters. The van der Waals surface area contributed by atoms with E-state index in [1.54, 1.807) is 0 Å². The number of rotatable bonds is 5. The Kier molecular flexibility index (Phi) is 10.5.